The Kier molecular flexibility index (Phi) is 3.23. The van der Waals surface area contributed by atoms with E-state index in [9.17, 15) is 0 Å². The summed E-state index contributed by atoms with van der Waals surface area (Å²) >= 11 is 3.55. The highest BCUT2D eigenvalue weighted by Gasteiger charge is 2.22. The number of para-hydroxylation sites is 1. The number of anilines is 1. The minimum Gasteiger partial charge on any atom is -0.481 e. The average molecular weight is 318 g/mol. The van der Waals surface area contributed by atoms with Gasteiger partial charge in [0.1, 0.15) is 6.10 Å². The predicted octanol–water partition coefficient (Wildman–Crippen LogP) is 4.61. The molecule has 19 heavy (non-hydrogen) atoms. The van der Waals surface area contributed by atoms with Crippen LogP contribution in [0.15, 0.2) is 40.9 Å². The van der Waals surface area contributed by atoms with Crippen molar-refractivity contribution in [3.05, 3.63) is 57.6 Å². The first-order valence-corrected chi connectivity index (χ1v) is 7.20. The number of hydrogen-bond acceptors (Lipinski definition) is 2. The summed E-state index contributed by atoms with van der Waals surface area (Å²) in [5, 5.41) is 3.44. The van der Waals surface area contributed by atoms with Gasteiger partial charge in [0.2, 0.25) is 0 Å². The molecule has 3 rings (SSSR count). The van der Waals surface area contributed by atoms with Crippen LogP contribution in [0.2, 0.25) is 0 Å². The number of benzene rings is 2. The highest BCUT2D eigenvalue weighted by Crippen LogP contribution is 2.39. The van der Waals surface area contributed by atoms with Crippen LogP contribution in [0.1, 0.15) is 22.8 Å². The lowest BCUT2D eigenvalue weighted by Crippen LogP contribution is -2.24. The van der Waals surface area contributed by atoms with Crippen molar-refractivity contribution in [2.45, 2.75) is 20.0 Å². The standard InChI is InChI=1S/C16H16BrNO/c1-10-6-11(2)8-12(7-10)15-9-18-14-5-3-4-13(17)16(14)19-15/h3-8,15,18H,9H2,1-2H3. The molecule has 0 fully saturated rings. The minimum absolute atomic E-state index is 0.0600. The number of ether oxygens (including phenoxy) is 1. The third-order valence-corrected chi connectivity index (χ3v) is 3.95. The highest BCUT2D eigenvalue weighted by atomic mass is 79.9. The molecule has 0 saturated heterocycles. The van der Waals surface area contributed by atoms with E-state index in [0.717, 1.165) is 22.5 Å². The molecule has 0 amide bonds. The summed E-state index contributed by atoms with van der Waals surface area (Å²) in [5.41, 5.74) is 4.83. The lowest BCUT2D eigenvalue weighted by Gasteiger charge is -2.28. The number of nitrogens with one attached hydrogen (secondary N) is 1. The van der Waals surface area contributed by atoms with Crippen LogP contribution in [0, 0.1) is 13.8 Å². The second kappa shape index (κ2) is 4.89. The fourth-order valence-electron chi connectivity index (χ4n) is 2.54. The van der Waals surface area contributed by atoms with Crippen LogP contribution in [0.5, 0.6) is 5.75 Å². The Morgan fingerprint density at radius 3 is 2.63 bits per heavy atom. The predicted molar refractivity (Wildman–Crippen MR) is 81.9 cm³/mol. The summed E-state index contributed by atoms with van der Waals surface area (Å²) in [7, 11) is 0. The minimum atomic E-state index is 0.0600. The van der Waals surface area contributed by atoms with Crippen molar-refractivity contribution in [2.24, 2.45) is 0 Å². The van der Waals surface area contributed by atoms with Crippen LogP contribution >= 0.6 is 15.9 Å². The topological polar surface area (TPSA) is 21.3 Å². The van der Waals surface area contributed by atoms with Crippen LogP contribution in [0.3, 0.4) is 0 Å². The van der Waals surface area contributed by atoms with Gasteiger partial charge in [0.15, 0.2) is 5.75 Å². The number of rotatable bonds is 1. The molecule has 3 heteroatoms. The monoisotopic (exact) mass is 317 g/mol. The maximum atomic E-state index is 6.15. The van der Waals surface area contributed by atoms with Gasteiger partial charge in [-0.2, -0.15) is 0 Å². The third-order valence-electron chi connectivity index (χ3n) is 3.32. The molecule has 0 aromatic heterocycles. The smallest absolute Gasteiger partial charge is 0.157 e. The first-order chi connectivity index (χ1) is 9.13. The van der Waals surface area contributed by atoms with Crippen LogP contribution in [-0.4, -0.2) is 6.54 Å². The van der Waals surface area contributed by atoms with Gasteiger partial charge < -0.3 is 10.1 Å². The molecule has 0 aliphatic carbocycles. The molecular formula is C16H16BrNO. The van der Waals surface area contributed by atoms with Crippen molar-refractivity contribution in [1.29, 1.82) is 0 Å². The average Bonchev–Trinajstić information content (AvgIpc) is 2.38. The summed E-state index contributed by atoms with van der Waals surface area (Å²) < 4.78 is 7.14. The summed E-state index contributed by atoms with van der Waals surface area (Å²) in [6.07, 6.45) is 0.0600. The lowest BCUT2D eigenvalue weighted by molar-refractivity contribution is 0.209. The van der Waals surface area contributed by atoms with Gasteiger partial charge in [-0.05, 0) is 47.5 Å². The van der Waals surface area contributed by atoms with Crippen LogP contribution in [0.25, 0.3) is 0 Å². The van der Waals surface area contributed by atoms with E-state index in [2.05, 4.69) is 53.3 Å². The van der Waals surface area contributed by atoms with Crippen molar-refractivity contribution in [1.82, 2.24) is 0 Å². The quantitative estimate of drug-likeness (QED) is 0.829. The molecule has 0 spiro atoms. The molecule has 0 radical (unpaired) electrons. The molecule has 0 bridgehead atoms. The van der Waals surface area contributed by atoms with Crippen LogP contribution < -0.4 is 10.1 Å². The molecule has 98 valence electrons. The molecule has 1 N–H and O–H groups in total. The van der Waals surface area contributed by atoms with Gasteiger partial charge in [-0.15, -0.1) is 0 Å². The van der Waals surface area contributed by atoms with Gasteiger partial charge in [-0.25, -0.2) is 0 Å². The van der Waals surface area contributed by atoms with E-state index in [-0.39, 0.29) is 6.10 Å². The lowest BCUT2D eigenvalue weighted by atomic mass is 10.0. The first kappa shape index (κ1) is 12.5. The van der Waals surface area contributed by atoms with E-state index in [4.69, 9.17) is 4.74 Å². The van der Waals surface area contributed by atoms with Gasteiger partial charge in [-0.3, -0.25) is 0 Å². The molecule has 1 atom stereocenters. The zero-order valence-corrected chi connectivity index (χ0v) is 12.6. The SMILES string of the molecule is Cc1cc(C)cc(C2CNc3cccc(Br)c3O2)c1. The van der Waals surface area contributed by atoms with E-state index >= 15 is 0 Å². The van der Waals surface area contributed by atoms with E-state index in [1.54, 1.807) is 0 Å². The molecule has 1 heterocycles. The van der Waals surface area contributed by atoms with Crippen molar-refractivity contribution >= 4 is 21.6 Å². The molecule has 1 unspecified atom stereocenters. The molecule has 1 aliphatic rings. The zero-order chi connectivity index (χ0) is 13.4. The zero-order valence-electron chi connectivity index (χ0n) is 11.0. The number of halogens is 1. The Morgan fingerprint density at radius 2 is 1.89 bits per heavy atom. The Balaban J connectivity index is 1.95. The van der Waals surface area contributed by atoms with E-state index in [1.165, 1.54) is 16.7 Å². The Bertz CT molecular complexity index is 604. The van der Waals surface area contributed by atoms with Gasteiger partial charge in [-0.1, -0.05) is 35.4 Å². The second-order valence-electron chi connectivity index (χ2n) is 5.02. The second-order valence-corrected chi connectivity index (χ2v) is 5.88. The number of hydrogen-bond donors (Lipinski definition) is 1. The Morgan fingerprint density at radius 1 is 1.16 bits per heavy atom. The molecular weight excluding hydrogens is 302 g/mol. The van der Waals surface area contributed by atoms with Gasteiger partial charge in [0.25, 0.3) is 0 Å². The fraction of sp³-hybridized carbons (Fsp3) is 0.250. The molecule has 1 aliphatic heterocycles. The van der Waals surface area contributed by atoms with Crippen LogP contribution in [0.4, 0.5) is 5.69 Å². The largest absolute Gasteiger partial charge is 0.481 e. The molecule has 2 nitrogen and oxygen atoms in total. The van der Waals surface area contributed by atoms with Gasteiger partial charge in [0.05, 0.1) is 16.7 Å². The van der Waals surface area contributed by atoms with Crippen molar-refractivity contribution in [3.63, 3.8) is 0 Å². The van der Waals surface area contributed by atoms with E-state index in [1.807, 2.05) is 18.2 Å². The van der Waals surface area contributed by atoms with E-state index < -0.39 is 0 Å². The highest BCUT2D eigenvalue weighted by molar-refractivity contribution is 9.10. The Hall–Kier alpha value is -1.48. The fourth-order valence-corrected chi connectivity index (χ4v) is 3.00. The maximum absolute atomic E-state index is 6.15. The van der Waals surface area contributed by atoms with Gasteiger partial charge >= 0.3 is 0 Å². The molecule has 2 aromatic carbocycles. The maximum Gasteiger partial charge on any atom is 0.157 e. The summed E-state index contributed by atoms with van der Waals surface area (Å²) in [6, 6.07) is 12.6. The van der Waals surface area contributed by atoms with Crippen molar-refractivity contribution in [2.75, 3.05) is 11.9 Å². The normalized spacial score (nSPS) is 17.3. The number of aryl methyl sites for hydroxylation is 2. The van der Waals surface area contributed by atoms with Crippen molar-refractivity contribution < 1.29 is 4.74 Å². The van der Waals surface area contributed by atoms with E-state index in [0.29, 0.717) is 0 Å². The summed E-state index contributed by atoms with van der Waals surface area (Å²) in [5.74, 6) is 0.901. The number of fused-ring (bicyclic) bond motifs is 1. The first-order valence-electron chi connectivity index (χ1n) is 6.41. The Labute approximate surface area is 121 Å². The van der Waals surface area contributed by atoms with Gasteiger partial charge in [0, 0.05) is 0 Å². The molecule has 0 saturated carbocycles. The van der Waals surface area contributed by atoms with Crippen molar-refractivity contribution in [3.8, 4) is 5.75 Å². The molecule has 2 aromatic rings. The third kappa shape index (κ3) is 2.47. The van der Waals surface area contributed by atoms with Crippen LogP contribution in [-0.2, 0) is 0 Å². The summed E-state index contributed by atoms with van der Waals surface area (Å²) in [4.78, 5) is 0. The summed E-state index contributed by atoms with van der Waals surface area (Å²) in [6.45, 7) is 5.04.